The molecule has 21 heavy (non-hydrogen) atoms. The van der Waals surface area contributed by atoms with Crippen LogP contribution in [0.1, 0.15) is 11.1 Å². The Kier molecular flexibility index (Phi) is 4.87. The highest BCUT2D eigenvalue weighted by Gasteiger charge is 2.09. The van der Waals surface area contributed by atoms with Crippen molar-refractivity contribution in [3.05, 3.63) is 59.5 Å². The average molecular weight is 287 g/mol. The van der Waals surface area contributed by atoms with Gasteiger partial charge in [-0.2, -0.15) is 0 Å². The van der Waals surface area contributed by atoms with Crippen LogP contribution in [-0.2, 0) is 17.8 Å². The van der Waals surface area contributed by atoms with E-state index in [-0.39, 0.29) is 18.1 Å². The lowest BCUT2D eigenvalue weighted by atomic mass is 10.1. The van der Waals surface area contributed by atoms with E-state index in [1.54, 1.807) is 24.4 Å². The third-order valence-electron chi connectivity index (χ3n) is 3.08. The molecule has 0 radical (unpaired) electrons. The summed E-state index contributed by atoms with van der Waals surface area (Å²) in [5.41, 5.74) is 1.32. The van der Waals surface area contributed by atoms with E-state index in [2.05, 4.69) is 10.3 Å². The van der Waals surface area contributed by atoms with E-state index in [0.717, 1.165) is 11.4 Å². The largest absolute Gasteiger partial charge is 0.362 e. The lowest BCUT2D eigenvalue weighted by Gasteiger charge is -2.16. The van der Waals surface area contributed by atoms with Gasteiger partial charge in [0, 0.05) is 32.4 Å². The van der Waals surface area contributed by atoms with Gasteiger partial charge in [-0.15, -0.1) is 0 Å². The van der Waals surface area contributed by atoms with Gasteiger partial charge in [0.05, 0.1) is 6.42 Å². The van der Waals surface area contributed by atoms with Crippen molar-refractivity contribution in [2.24, 2.45) is 0 Å². The number of rotatable bonds is 5. The number of anilines is 1. The Balaban J connectivity index is 1.97. The fourth-order valence-electron chi connectivity index (χ4n) is 2.04. The van der Waals surface area contributed by atoms with Gasteiger partial charge in [0.15, 0.2) is 0 Å². The summed E-state index contributed by atoms with van der Waals surface area (Å²) in [4.78, 5) is 18.1. The van der Waals surface area contributed by atoms with Gasteiger partial charge in [-0.3, -0.25) is 4.79 Å². The number of pyridine rings is 1. The highest BCUT2D eigenvalue weighted by Crippen LogP contribution is 2.14. The van der Waals surface area contributed by atoms with Crippen LogP contribution < -0.4 is 10.2 Å². The zero-order valence-corrected chi connectivity index (χ0v) is 12.1. The van der Waals surface area contributed by atoms with E-state index in [9.17, 15) is 9.18 Å². The van der Waals surface area contributed by atoms with Gasteiger partial charge >= 0.3 is 0 Å². The first-order chi connectivity index (χ1) is 10.1. The standard InChI is InChI=1S/C16H18FN3O/c1-20(2)16-13(7-5-9-18-16)11-19-15(21)10-12-6-3-4-8-14(12)17/h3-9H,10-11H2,1-2H3,(H,19,21). The van der Waals surface area contributed by atoms with E-state index in [0.29, 0.717) is 12.1 Å². The molecule has 0 aliphatic heterocycles. The quantitative estimate of drug-likeness (QED) is 0.916. The van der Waals surface area contributed by atoms with Crippen molar-refractivity contribution in [2.75, 3.05) is 19.0 Å². The Hall–Kier alpha value is -2.43. The van der Waals surface area contributed by atoms with Crippen LogP contribution in [0.4, 0.5) is 10.2 Å². The lowest BCUT2D eigenvalue weighted by molar-refractivity contribution is -0.120. The number of nitrogens with zero attached hydrogens (tertiary/aromatic N) is 2. The van der Waals surface area contributed by atoms with E-state index in [1.807, 2.05) is 31.1 Å². The normalized spacial score (nSPS) is 10.2. The Morgan fingerprint density at radius 3 is 2.62 bits per heavy atom. The molecule has 0 unspecified atom stereocenters. The summed E-state index contributed by atoms with van der Waals surface area (Å²) < 4.78 is 13.5. The summed E-state index contributed by atoms with van der Waals surface area (Å²) >= 11 is 0. The maximum Gasteiger partial charge on any atom is 0.224 e. The number of hydrogen-bond acceptors (Lipinski definition) is 3. The SMILES string of the molecule is CN(C)c1ncccc1CNC(=O)Cc1ccccc1F. The van der Waals surface area contributed by atoms with Gasteiger partial charge in [0.2, 0.25) is 5.91 Å². The highest BCUT2D eigenvalue weighted by molar-refractivity contribution is 5.78. The molecule has 110 valence electrons. The minimum atomic E-state index is -0.358. The van der Waals surface area contributed by atoms with Crippen LogP contribution in [0.15, 0.2) is 42.6 Å². The second-order valence-corrected chi connectivity index (χ2v) is 4.93. The minimum Gasteiger partial charge on any atom is -0.362 e. The van der Waals surface area contributed by atoms with Crippen LogP contribution in [0, 0.1) is 5.82 Å². The summed E-state index contributed by atoms with van der Waals surface area (Å²) in [5.74, 6) is 0.236. The van der Waals surface area contributed by atoms with Gasteiger partial charge in [0.25, 0.3) is 0 Å². The van der Waals surface area contributed by atoms with Gasteiger partial charge in [-0.1, -0.05) is 24.3 Å². The number of benzene rings is 1. The Morgan fingerprint density at radius 2 is 1.90 bits per heavy atom. The molecule has 0 fully saturated rings. The van der Waals surface area contributed by atoms with Crippen LogP contribution >= 0.6 is 0 Å². The fraction of sp³-hybridized carbons (Fsp3) is 0.250. The maximum atomic E-state index is 13.5. The lowest BCUT2D eigenvalue weighted by Crippen LogP contribution is -2.26. The third-order valence-corrected chi connectivity index (χ3v) is 3.08. The molecule has 1 amide bonds. The number of carbonyl (C=O) groups is 1. The van der Waals surface area contributed by atoms with Gasteiger partial charge in [-0.05, 0) is 17.7 Å². The predicted octanol–water partition coefficient (Wildman–Crippen LogP) is 2.15. The van der Waals surface area contributed by atoms with Crippen LogP contribution in [0.2, 0.25) is 0 Å². The highest BCUT2D eigenvalue weighted by atomic mass is 19.1. The number of nitrogens with one attached hydrogen (secondary N) is 1. The molecular weight excluding hydrogens is 269 g/mol. The Bertz CT molecular complexity index is 628. The number of carbonyl (C=O) groups excluding carboxylic acids is 1. The summed E-state index contributed by atoms with van der Waals surface area (Å²) in [7, 11) is 3.79. The van der Waals surface area contributed by atoms with Crippen molar-refractivity contribution in [1.82, 2.24) is 10.3 Å². The molecule has 0 saturated heterocycles. The molecule has 1 N–H and O–H groups in total. The number of aromatic nitrogens is 1. The molecule has 0 aliphatic carbocycles. The van der Waals surface area contributed by atoms with Crippen LogP contribution in [0.3, 0.4) is 0 Å². The molecule has 2 rings (SSSR count). The van der Waals surface area contributed by atoms with E-state index in [1.165, 1.54) is 6.07 Å². The summed E-state index contributed by atoms with van der Waals surface area (Å²) in [6.07, 6.45) is 1.74. The molecule has 0 spiro atoms. The molecule has 0 bridgehead atoms. The summed E-state index contributed by atoms with van der Waals surface area (Å²) in [6, 6.07) is 10.0. The van der Waals surface area contributed by atoms with Crippen molar-refractivity contribution in [2.45, 2.75) is 13.0 Å². The second kappa shape index (κ2) is 6.83. The summed E-state index contributed by atoms with van der Waals surface area (Å²) in [6.45, 7) is 0.370. The first-order valence-corrected chi connectivity index (χ1v) is 6.69. The average Bonchev–Trinajstić information content (AvgIpc) is 2.48. The first-order valence-electron chi connectivity index (χ1n) is 6.69. The molecule has 2 aromatic rings. The van der Waals surface area contributed by atoms with Crippen molar-refractivity contribution < 1.29 is 9.18 Å². The van der Waals surface area contributed by atoms with Gasteiger partial charge in [0.1, 0.15) is 11.6 Å². The second-order valence-electron chi connectivity index (χ2n) is 4.93. The maximum absolute atomic E-state index is 13.5. The molecule has 0 aliphatic rings. The molecule has 0 atom stereocenters. The van der Waals surface area contributed by atoms with Crippen molar-refractivity contribution in [3.8, 4) is 0 Å². The van der Waals surface area contributed by atoms with Crippen molar-refractivity contribution in [3.63, 3.8) is 0 Å². The zero-order valence-electron chi connectivity index (χ0n) is 12.1. The van der Waals surface area contributed by atoms with Gasteiger partial charge < -0.3 is 10.2 Å². The molecule has 0 saturated carbocycles. The monoisotopic (exact) mass is 287 g/mol. The number of hydrogen-bond donors (Lipinski definition) is 1. The molecule has 1 aromatic heterocycles. The van der Waals surface area contributed by atoms with Crippen LogP contribution in [0.25, 0.3) is 0 Å². The molecule has 5 heteroatoms. The molecular formula is C16H18FN3O. The van der Waals surface area contributed by atoms with E-state index >= 15 is 0 Å². The van der Waals surface area contributed by atoms with Gasteiger partial charge in [-0.25, -0.2) is 9.37 Å². The topological polar surface area (TPSA) is 45.2 Å². The molecule has 1 aromatic carbocycles. The fourth-order valence-corrected chi connectivity index (χ4v) is 2.04. The Labute approximate surface area is 123 Å². The van der Waals surface area contributed by atoms with Crippen LogP contribution in [-0.4, -0.2) is 25.0 Å². The molecule has 1 heterocycles. The van der Waals surface area contributed by atoms with Crippen molar-refractivity contribution >= 4 is 11.7 Å². The Morgan fingerprint density at radius 1 is 1.19 bits per heavy atom. The molecule has 4 nitrogen and oxygen atoms in total. The minimum absolute atomic E-state index is 0.0320. The van der Waals surface area contributed by atoms with Crippen molar-refractivity contribution in [1.29, 1.82) is 0 Å². The number of halogens is 1. The smallest absolute Gasteiger partial charge is 0.224 e. The first kappa shape index (κ1) is 15.0. The number of amides is 1. The predicted molar refractivity (Wildman–Crippen MR) is 80.5 cm³/mol. The van der Waals surface area contributed by atoms with E-state index in [4.69, 9.17) is 0 Å². The van der Waals surface area contributed by atoms with Crippen LogP contribution in [0.5, 0.6) is 0 Å². The zero-order chi connectivity index (χ0) is 15.2. The summed E-state index contributed by atoms with van der Waals surface area (Å²) in [5, 5.41) is 2.80. The van der Waals surface area contributed by atoms with E-state index < -0.39 is 0 Å². The third kappa shape index (κ3) is 4.02.